The smallest absolute Gasteiger partial charge is 0.221 e. The Morgan fingerprint density at radius 1 is 1.13 bits per heavy atom. The molecule has 1 amide bonds. The van der Waals surface area contributed by atoms with Gasteiger partial charge in [-0.3, -0.25) is 14.2 Å². The number of rotatable bonds is 10. The second-order valence-electron chi connectivity index (χ2n) is 10.6. The number of ether oxygens (including phenoxy) is 1. The molecule has 2 aromatic carbocycles. The van der Waals surface area contributed by atoms with Crippen molar-refractivity contribution in [2.45, 2.75) is 76.8 Å². The van der Waals surface area contributed by atoms with E-state index in [9.17, 15) is 9.59 Å². The summed E-state index contributed by atoms with van der Waals surface area (Å²) in [5, 5.41) is 3.76. The molecule has 8 heteroatoms. The number of nitrogens with zero attached hydrogens (tertiary/aromatic N) is 2. The van der Waals surface area contributed by atoms with Gasteiger partial charge in [-0.15, -0.1) is 11.3 Å². The maximum Gasteiger partial charge on any atom is 0.221 e. The molecule has 0 radical (unpaired) electrons. The number of benzene rings is 2. The second kappa shape index (κ2) is 12.1. The topological polar surface area (TPSA) is 73.2 Å². The Labute approximate surface area is 237 Å². The van der Waals surface area contributed by atoms with Crippen LogP contribution in [0.4, 0.5) is 0 Å². The van der Waals surface area contributed by atoms with E-state index >= 15 is 0 Å². The minimum Gasteiger partial charge on any atom is -0.370 e. The fourth-order valence-corrected chi connectivity index (χ4v) is 6.91. The van der Waals surface area contributed by atoms with E-state index in [0.29, 0.717) is 37.3 Å². The fraction of sp³-hybridized carbons (Fsp3) is 0.387. The Morgan fingerprint density at radius 3 is 2.62 bits per heavy atom. The summed E-state index contributed by atoms with van der Waals surface area (Å²) in [5.41, 5.74) is 4.32. The molecule has 5 rings (SSSR count). The minimum atomic E-state index is -0.364. The van der Waals surface area contributed by atoms with E-state index in [-0.39, 0.29) is 16.9 Å². The van der Waals surface area contributed by atoms with Crippen LogP contribution in [-0.4, -0.2) is 26.8 Å². The summed E-state index contributed by atoms with van der Waals surface area (Å²) in [5.74, 6) is 0.564. The molecule has 4 aromatic rings. The van der Waals surface area contributed by atoms with Gasteiger partial charge in [0.05, 0.1) is 12.2 Å². The summed E-state index contributed by atoms with van der Waals surface area (Å²) in [6.45, 7) is 7.18. The van der Waals surface area contributed by atoms with Gasteiger partial charge in [0.1, 0.15) is 10.3 Å². The van der Waals surface area contributed by atoms with Crippen LogP contribution in [-0.2, 0) is 35.5 Å². The van der Waals surface area contributed by atoms with Crippen LogP contribution in [0.25, 0.3) is 16.0 Å². The molecule has 1 aliphatic rings. The summed E-state index contributed by atoms with van der Waals surface area (Å²) in [6, 6.07) is 18.4. The monoisotopic (exact) mass is 561 g/mol. The molecule has 0 aliphatic carbocycles. The summed E-state index contributed by atoms with van der Waals surface area (Å²) < 4.78 is 8.05. The quantitative estimate of drug-likeness (QED) is 0.226. The summed E-state index contributed by atoms with van der Waals surface area (Å²) in [4.78, 5) is 32.8. The van der Waals surface area contributed by atoms with Crippen LogP contribution in [0.2, 0.25) is 0 Å². The number of nitrogens with one attached hydrogen (secondary N) is 1. The number of amides is 1. The third-order valence-corrected chi connectivity index (χ3v) is 9.07. The molecule has 3 heterocycles. The van der Waals surface area contributed by atoms with E-state index < -0.39 is 0 Å². The van der Waals surface area contributed by atoms with Crippen molar-refractivity contribution in [2.24, 2.45) is 0 Å². The van der Waals surface area contributed by atoms with Crippen molar-refractivity contribution in [3.8, 4) is 5.69 Å². The number of imidazole rings is 1. The highest BCUT2D eigenvalue weighted by Gasteiger charge is 2.31. The van der Waals surface area contributed by atoms with Crippen LogP contribution in [0, 0.1) is 0 Å². The van der Waals surface area contributed by atoms with E-state index in [1.54, 1.807) is 11.3 Å². The number of aryl methyl sites for hydroxylation is 1. The van der Waals surface area contributed by atoms with Crippen molar-refractivity contribution in [1.82, 2.24) is 14.9 Å². The first-order chi connectivity index (χ1) is 18.8. The lowest BCUT2D eigenvalue weighted by Gasteiger charge is -2.30. The number of carbonyl (C=O) groups is 1. The molecule has 0 spiro atoms. The Kier molecular flexibility index (Phi) is 8.54. The van der Waals surface area contributed by atoms with E-state index in [4.69, 9.17) is 9.72 Å². The first kappa shape index (κ1) is 27.6. The molecule has 1 aliphatic heterocycles. The van der Waals surface area contributed by atoms with Crippen LogP contribution < -0.4 is 10.7 Å². The maximum atomic E-state index is 13.5. The normalized spacial score (nSPS) is 14.3. The first-order valence-electron chi connectivity index (χ1n) is 13.6. The van der Waals surface area contributed by atoms with Gasteiger partial charge in [0, 0.05) is 41.3 Å². The molecule has 204 valence electrons. The zero-order valence-corrected chi connectivity index (χ0v) is 24.4. The molecule has 0 bridgehead atoms. The van der Waals surface area contributed by atoms with Crippen molar-refractivity contribution in [3.63, 3.8) is 0 Å². The van der Waals surface area contributed by atoms with Crippen molar-refractivity contribution < 1.29 is 9.53 Å². The average molecular weight is 562 g/mol. The molecule has 0 saturated carbocycles. The lowest BCUT2D eigenvalue weighted by molar-refractivity contribution is -0.120. The van der Waals surface area contributed by atoms with Gasteiger partial charge >= 0.3 is 0 Å². The molecule has 0 atom stereocenters. The predicted molar refractivity (Wildman–Crippen MR) is 160 cm³/mol. The summed E-state index contributed by atoms with van der Waals surface area (Å²) >= 11 is 3.09. The predicted octanol–water partition coefficient (Wildman–Crippen LogP) is 6.44. The number of fused-ring (bicyclic) bond motifs is 2. The zero-order chi connectivity index (χ0) is 27.4. The Balaban J connectivity index is 1.30. The van der Waals surface area contributed by atoms with Crippen LogP contribution in [0.1, 0.15) is 61.6 Å². The van der Waals surface area contributed by atoms with Crippen molar-refractivity contribution in [1.29, 1.82) is 0 Å². The fourth-order valence-electron chi connectivity index (χ4n) is 4.74. The highest BCUT2D eigenvalue weighted by molar-refractivity contribution is 7.99. The van der Waals surface area contributed by atoms with E-state index in [1.165, 1.54) is 30.2 Å². The second-order valence-corrected chi connectivity index (χ2v) is 12.7. The highest BCUT2D eigenvalue weighted by atomic mass is 32.2. The van der Waals surface area contributed by atoms with Crippen molar-refractivity contribution >= 4 is 39.4 Å². The third-order valence-electron chi connectivity index (χ3n) is 6.95. The molecule has 0 unspecified atom stereocenters. The summed E-state index contributed by atoms with van der Waals surface area (Å²) in [7, 11) is 0. The largest absolute Gasteiger partial charge is 0.370 e. The molecule has 0 fully saturated rings. The number of hydrogen-bond donors (Lipinski definition) is 1. The van der Waals surface area contributed by atoms with Crippen molar-refractivity contribution in [2.75, 3.05) is 5.75 Å². The highest BCUT2D eigenvalue weighted by Crippen LogP contribution is 2.35. The standard InChI is InChI=1S/C31H35N3O3S2/c1-4-5-9-21-12-14-22(15-13-21)19-32-26(35)16-17-38-30-33-27-28(36)24-18-31(2,3)37-20-25(24)39-29(27)34(30)23-10-7-6-8-11-23/h6-8,10-15H,4-5,9,16-20H2,1-3H3,(H,32,35). The number of thioether (sulfide) groups is 1. The molecular formula is C31H35N3O3S2. The van der Waals surface area contributed by atoms with Crippen LogP contribution in [0.3, 0.4) is 0 Å². The summed E-state index contributed by atoms with van der Waals surface area (Å²) in [6.07, 6.45) is 4.42. The molecular weight excluding hydrogens is 526 g/mol. The Bertz CT molecular complexity index is 1510. The first-order valence-corrected chi connectivity index (χ1v) is 15.4. The van der Waals surface area contributed by atoms with Gasteiger partial charge in [-0.2, -0.15) is 0 Å². The van der Waals surface area contributed by atoms with Crippen LogP contribution in [0.5, 0.6) is 0 Å². The lowest BCUT2D eigenvalue weighted by Crippen LogP contribution is -2.34. The Hall–Kier alpha value is -2.94. The molecule has 6 nitrogen and oxygen atoms in total. The van der Waals surface area contributed by atoms with Gasteiger partial charge in [-0.1, -0.05) is 67.6 Å². The molecule has 1 N–H and O–H groups in total. The molecule has 0 saturated heterocycles. The number of aromatic nitrogens is 2. The number of para-hydroxylation sites is 1. The molecule has 39 heavy (non-hydrogen) atoms. The number of unbranched alkanes of at least 4 members (excludes halogenated alkanes) is 1. The van der Waals surface area contributed by atoms with E-state index in [1.807, 2.05) is 48.7 Å². The van der Waals surface area contributed by atoms with E-state index in [2.05, 4.69) is 36.5 Å². The van der Waals surface area contributed by atoms with Gasteiger partial charge in [0.2, 0.25) is 11.3 Å². The van der Waals surface area contributed by atoms with Gasteiger partial charge in [-0.05, 0) is 49.9 Å². The lowest BCUT2D eigenvalue weighted by atomic mass is 9.95. The van der Waals surface area contributed by atoms with Gasteiger partial charge in [0.15, 0.2) is 5.16 Å². The van der Waals surface area contributed by atoms with Crippen molar-refractivity contribution in [3.05, 3.63) is 86.4 Å². The number of carbonyl (C=O) groups excluding carboxylic acids is 1. The zero-order valence-electron chi connectivity index (χ0n) is 22.8. The molecule has 2 aromatic heterocycles. The number of hydrogen-bond acceptors (Lipinski definition) is 6. The SMILES string of the molecule is CCCCc1ccc(CNC(=O)CCSc2nc3c(=O)c4c(sc3n2-c2ccccc2)COC(C)(C)C4)cc1. The van der Waals surface area contributed by atoms with Gasteiger partial charge < -0.3 is 10.1 Å². The van der Waals surface area contributed by atoms with Crippen LogP contribution >= 0.6 is 23.1 Å². The minimum absolute atomic E-state index is 0.00195. The van der Waals surface area contributed by atoms with Gasteiger partial charge in [-0.25, -0.2) is 4.98 Å². The van der Waals surface area contributed by atoms with Crippen LogP contribution in [0.15, 0.2) is 64.5 Å². The maximum absolute atomic E-state index is 13.5. The third kappa shape index (κ3) is 6.45. The Morgan fingerprint density at radius 2 is 1.87 bits per heavy atom. The van der Waals surface area contributed by atoms with E-state index in [0.717, 1.165) is 38.1 Å². The average Bonchev–Trinajstić information content (AvgIpc) is 3.30. The van der Waals surface area contributed by atoms with Gasteiger partial charge in [0.25, 0.3) is 0 Å².